The highest BCUT2D eigenvalue weighted by molar-refractivity contribution is 7.98. The van der Waals surface area contributed by atoms with Crippen molar-refractivity contribution in [3.63, 3.8) is 0 Å². The van der Waals surface area contributed by atoms with E-state index in [0.717, 1.165) is 41.7 Å². The molecule has 1 rings (SSSR count). The predicted octanol–water partition coefficient (Wildman–Crippen LogP) is 3.89. The minimum absolute atomic E-state index is 0.328. The van der Waals surface area contributed by atoms with Gasteiger partial charge in [-0.05, 0) is 26.5 Å². The molecule has 0 fully saturated rings. The van der Waals surface area contributed by atoms with E-state index in [0.29, 0.717) is 12.0 Å². The zero-order valence-electron chi connectivity index (χ0n) is 13.6. The molecule has 5 heteroatoms. The second-order valence-electron chi connectivity index (χ2n) is 5.29. The molecule has 0 amide bonds. The van der Waals surface area contributed by atoms with Crippen LogP contribution in [0.2, 0.25) is 0 Å². The molecule has 0 spiro atoms. The van der Waals surface area contributed by atoms with Gasteiger partial charge in [-0.15, -0.1) is 0 Å². The summed E-state index contributed by atoms with van der Waals surface area (Å²) in [5, 5.41) is 6.92. The average molecular weight is 296 g/mol. The Bertz CT molecular complexity index is 421. The first-order chi connectivity index (χ1) is 9.53. The van der Waals surface area contributed by atoms with Crippen molar-refractivity contribution >= 4 is 23.4 Å². The van der Waals surface area contributed by atoms with Gasteiger partial charge in [0, 0.05) is 29.8 Å². The second kappa shape index (κ2) is 8.35. The van der Waals surface area contributed by atoms with Gasteiger partial charge in [-0.3, -0.25) is 0 Å². The number of nitrogens with one attached hydrogen (secondary N) is 2. The minimum Gasteiger partial charge on any atom is -0.370 e. The highest BCUT2D eigenvalue weighted by Crippen LogP contribution is 2.24. The van der Waals surface area contributed by atoms with Gasteiger partial charge in [0.15, 0.2) is 0 Å². The van der Waals surface area contributed by atoms with Crippen LogP contribution in [0.3, 0.4) is 0 Å². The standard InChI is InChI=1S/C15H28N4S/c1-7-12(9-20-6)17-15-11(5)14(16-8-2)18-13(19-15)10(3)4/h10,12H,7-9H2,1-6H3,(H2,16,17,18,19). The molecule has 0 aliphatic heterocycles. The Kier molecular flexibility index (Phi) is 7.13. The van der Waals surface area contributed by atoms with Gasteiger partial charge < -0.3 is 10.6 Å². The summed E-state index contributed by atoms with van der Waals surface area (Å²) in [4.78, 5) is 9.35. The van der Waals surface area contributed by atoms with Gasteiger partial charge in [-0.2, -0.15) is 11.8 Å². The first-order valence-electron chi connectivity index (χ1n) is 7.41. The first kappa shape index (κ1) is 17.1. The number of hydrogen-bond donors (Lipinski definition) is 2. The number of aromatic nitrogens is 2. The largest absolute Gasteiger partial charge is 0.370 e. The van der Waals surface area contributed by atoms with Gasteiger partial charge >= 0.3 is 0 Å². The lowest BCUT2D eigenvalue weighted by Gasteiger charge is -2.20. The van der Waals surface area contributed by atoms with Crippen molar-refractivity contribution in [2.75, 3.05) is 29.2 Å². The van der Waals surface area contributed by atoms with Crippen molar-refractivity contribution in [1.29, 1.82) is 0 Å². The molecular weight excluding hydrogens is 268 g/mol. The summed E-state index contributed by atoms with van der Waals surface area (Å²) in [5.74, 6) is 4.24. The zero-order valence-corrected chi connectivity index (χ0v) is 14.4. The maximum atomic E-state index is 4.71. The SMILES string of the molecule is CCNc1nc(C(C)C)nc(NC(CC)CSC)c1C. The summed E-state index contributed by atoms with van der Waals surface area (Å²) in [6.07, 6.45) is 3.23. The molecule has 0 saturated heterocycles. The van der Waals surface area contributed by atoms with Crippen molar-refractivity contribution in [1.82, 2.24) is 9.97 Å². The molecule has 1 heterocycles. The third kappa shape index (κ3) is 4.54. The molecule has 0 aromatic carbocycles. The fourth-order valence-electron chi connectivity index (χ4n) is 1.93. The third-order valence-electron chi connectivity index (χ3n) is 3.23. The smallest absolute Gasteiger partial charge is 0.135 e. The lowest BCUT2D eigenvalue weighted by Crippen LogP contribution is -2.23. The van der Waals surface area contributed by atoms with Gasteiger partial charge in [-0.1, -0.05) is 20.8 Å². The van der Waals surface area contributed by atoms with Crippen LogP contribution in [-0.2, 0) is 0 Å². The summed E-state index contributed by atoms with van der Waals surface area (Å²) in [7, 11) is 0. The average Bonchev–Trinajstić information content (AvgIpc) is 2.42. The Morgan fingerprint density at radius 1 is 1.15 bits per heavy atom. The summed E-state index contributed by atoms with van der Waals surface area (Å²) in [5.41, 5.74) is 1.11. The van der Waals surface area contributed by atoms with Crippen molar-refractivity contribution in [3.8, 4) is 0 Å². The van der Waals surface area contributed by atoms with E-state index in [9.17, 15) is 0 Å². The van der Waals surface area contributed by atoms with Gasteiger partial charge in [0.1, 0.15) is 17.5 Å². The van der Waals surface area contributed by atoms with E-state index in [2.05, 4.69) is 56.5 Å². The van der Waals surface area contributed by atoms with Crippen LogP contribution in [0.4, 0.5) is 11.6 Å². The van der Waals surface area contributed by atoms with E-state index in [1.165, 1.54) is 0 Å². The number of thioether (sulfide) groups is 1. The molecule has 1 atom stereocenters. The molecule has 0 aliphatic rings. The summed E-state index contributed by atoms with van der Waals surface area (Å²) in [6, 6.07) is 0.452. The van der Waals surface area contributed by atoms with Crippen LogP contribution >= 0.6 is 11.8 Å². The maximum Gasteiger partial charge on any atom is 0.135 e. The maximum absolute atomic E-state index is 4.71. The van der Waals surface area contributed by atoms with Crippen LogP contribution in [0.15, 0.2) is 0 Å². The Balaban J connectivity index is 3.09. The number of rotatable bonds is 8. The van der Waals surface area contributed by atoms with Crippen LogP contribution in [0, 0.1) is 6.92 Å². The Morgan fingerprint density at radius 2 is 1.80 bits per heavy atom. The fourth-order valence-corrected chi connectivity index (χ4v) is 2.65. The number of nitrogens with zero attached hydrogens (tertiary/aromatic N) is 2. The van der Waals surface area contributed by atoms with Gasteiger partial charge in [0.2, 0.25) is 0 Å². The van der Waals surface area contributed by atoms with Crippen LogP contribution in [0.1, 0.15) is 51.4 Å². The summed E-state index contributed by atoms with van der Waals surface area (Å²) >= 11 is 1.86. The Labute approximate surface area is 127 Å². The topological polar surface area (TPSA) is 49.8 Å². The lowest BCUT2D eigenvalue weighted by molar-refractivity contribution is 0.744. The van der Waals surface area contributed by atoms with E-state index in [1.54, 1.807) is 0 Å². The van der Waals surface area contributed by atoms with Crippen LogP contribution in [-0.4, -0.2) is 34.6 Å². The highest BCUT2D eigenvalue weighted by Gasteiger charge is 2.15. The molecular formula is C15H28N4S. The fraction of sp³-hybridized carbons (Fsp3) is 0.733. The van der Waals surface area contributed by atoms with E-state index in [4.69, 9.17) is 4.98 Å². The highest BCUT2D eigenvalue weighted by atomic mass is 32.2. The van der Waals surface area contributed by atoms with E-state index < -0.39 is 0 Å². The van der Waals surface area contributed by atoms with Gasteiger partial charge in [-0.25, -0.2) is 9.97 Å². The molecule has 0 aliphatic carbocycles. The van der Waals surface area contributed by atoms with Gasteiger partial charge in [0.05, 0.1) is 0 Å². The molecule has 0 bridgehead atoms. The van der Waals surface area contributed by atoms with E-state index >= 15 is 0 Å². The molecule has 114 valence electrons. The normalized spacial score (nSPS) is 12.6. The monoisotopic (exact) mass is 296 g/mol. The summed E-state index contributed by atoms with van der Waals surface area (Å²) < 4.78 is 0. The molecule has 1 aromatic rings. The number of hydrogen-bond acceptors (Lipinski definition) is 5. The second-order valence-corrected chi connectivity index (χ2v) is 6.20. The van der Waals surface area contributed by atoms with Crippen LogP contribution < -0.4 is 10.6 Å². The lowest BCUT2D eigenvalue weighted by atomic mass is 10.2. The molecule has 2 N–H and O–H groups in total. The van der Waals surface area contributed by atoms with Crippen molar-refractivity contribution in [2.45, 2.75) is 53.0 Å². The van der Waals surface area contributed by atoms with E-state index in [-0.39, 0.29) is 0 Å². The molecule has 20 heavy (non-hydrogen) atoms. The minimum atomic E-state index is 0.328. The molecule has 0 radical (unpaired) electrons. The van der Waals surface area contributed by atoms with Crippen LogP contribution in [0.25, 0.3) is 0 Å². The molecule has 4 nitrogen and oxygen atoms in total. The predicted molar refractivity (Wildman–Crippen MR) is 91.1 cm³/mol. The van der Waals surface area contributed by atoms with Crippen molar-refractivity contribution < 1.29 is 0 Å². The van der Waals surface area contributed by atoms with Crippen molar-refractivity contribution in [2.24, 2.45) is 0 Å². The van der Waals surface area contributed by atoms with Gasteiger partial charge in [0.25, 0.3) is 0 Å². The van der Waals surface area contributed by atoms with Crippen LogP contribution in [0.5, 0.6) is 0 Å². The third-order valence-corrected chi connectivity index (χ3v) is 3.96. The Morgan fingerprint density at radius 3 is 2.30 bits per heavy atom. The molecule has 1 unspecified atom stereocenters. The Hall–Kier alpha value is -0.970. The number of anilines is 2. The zero-order chi connectivity index (χ0) is 15.1. The quantitative estimate of drug-likeness (QED) is 0.762. The van der Waals surface area contributed by atoms with E-state index in [1.807, 2.05) is 11.8 Å². The molecule has 1 aromatic heterocycles. The summed E-state index contributed by atoms with van der Waals surface area (Å²) in [6.45, 7) is 11.5. The first-order valence-corrected chi connectivity index (χ1v) is 8.80. The van der Waals surface area contributed by atoms with Crippen molar-refractivity contribution in [3.05, 3.63) is 11.4 Å². The molecule has 0 saturated carbocycles.